The number of nitro groups is 4. The number of anilines is 2. The van der Waals surface area contributed by atoms with Gasteiger partial charge in [-0.2, -0.15) is 10.2 Å². The summed E-state index contributed by atoms with van der Waals surface area (Å²) in [6.45, 7) is 2.70. The largest absolute Gasteiger partial charge is 0.381 e. The number of hydrogen-bond acceptors (Lipinski definition) is 13. The van der Waals surface area contributed by atoms with Gasteiger partial charge in [0, 0.05) is 12.1 Å². The first-order chi connectivity index (χ1) is 15.9. The second-order valence-electron chi connectivity index (χ2n) is 6.56. The SMILES string of the molecule is CC(=NNc1ccc([N+](=O)[O-])cc1[N+](=O)[O-])C(O)C(C)=NNc1ccc([N+](=O)[O-])cc1[N+](=O)[O-]. The zero-order chi connectivity index (χ0) is 25.6. The molecule has 0 fully saturated rings. The molecular formula is C17H16N8O9. The van der Waals surface area contributed by atoms with Crippen LogP contribution in [0.1, 0.15) is 13.8 Å². The quantitative estimate of drug-likeness (QED) is 0.255. The molecule has 3 N–H and O–H groups in total. The van der Waals surface area contributed by atoms with Crippen LogP contribution in [0.2, 0.25) is 0 Å². The average Bonchev–Trinajstić information content (AvgIpc) is 2.79. The molecule has 17 nitrogen and oxygen atoms in total. The minimum atomic E-state index is -1.44. The van der Waals surface area contributed by atoms with Crippen molar-refractivity contribution < 1.29 is 24.8 Å². The van der Waals surface area contributed by atoms with Crippen LogP contribution in [0.15, 0.2) is 46.6 Å². The highest BCUT2D eigenvalue weighted by molar-refractivity contribution is 6.08. The number of non-ortho nitro benzene ring substituents is 2. The van der Waals surface area contributed by atoms with E-state index in [0.717, 1.165) is 36.4 Å². The summed E-state index contributed by atoms with van der Waals surface area (Å²) >= 11 is 0. The molecular weight excluding hydrogens is 460 g/mol. The van der Waals surface area contributed by atoms with Crippen molar-refractivity contribution in [2.24, 2.45) is 10.2 Å². The van der Waals surface area contributed by atoms with Crippen LogP contribution in [0.4, 0.5) is 34.1 Å². The maximum Gasteiger partial charge on any atom is 0.301 e. The zero-order valence-electron chi connectivity index (χ0n) is 17.4. The molecule has 0 heterocycles. The van der Waals surface area contributed by atoms with Crippen LogP contribution >= 0.6 is 0 Å². The van der Waals surface area contributed by atoms with Crippen LogP contribution in [-0.4, -0.2) is 42.3 Å². The Hall–Kier alpha value is -5.06. The molecule has 0 aliphatic heterocycles. The number of aliphatic hydroxyl groups excluding tert-OH is 1. The third-order valence-electron chi connectivity index (χ3n) is 4.27. The van der Waals surface area contributed by atoms with E-state index in [9.17, 15) is 45.6 Å². The predicted molar refractivity (Wildman–Crippen MR) is 119 cm³/mol. The molecule has 0 spiro atoms. The van der Waals surface area contributed by atoms with Crippen molar-refractivity contribution in [3.8, 4) is 0 Å². The number of benzene rings is 2. The van der Waals surface area contributed by atoms with Gasteiger partial charge in [0.1, 0.15) is 17.5 Å². The average molecular weight is 476 g/mol. The summed E-state index contributed by atoms with van der Waals surface area (Å²) in [5.74, 6) is 0. The number of nitro benzene ring substituents is 4. The fourth-order valence-electron chi connectivity index (χ4n) is 2.48. The Labute approximate surface area is 189 Å². The summed E-state index contributed by atoms with van der Waals surface area (Å²) in [5, 5.41) is 61.9. The Morgan fingerprint density at radius 3 is 1.38 bits per heavy atom. The summed E-state index contributed by atoms with van der Waals surface area (Å²) in [6.07, 6.45) is -1.44. The van der Waals surface area contributed by atoms with Crippen LogP contribution in [0.25, 0.3) is 0 Å². The predicted octanol–water partition coefficient (Wildman–Crippen LogP) is 2.96. The molecule has 0 bridgehead atoms. The van der Waals surface area contributed by atoms with Gasteiger partial charge in [0.05, 0.1) is 43.2 Å². The van der Waals surface area contributed by atoms with Crippen LogP contribution in [-0.2, 0) is 0 Å². The molecule has 0 amide bonds. The Bertz CT molecular complexity index is 1130. The first-order valence-corrected chi connectivity index (χ1v) is 9.06. The molecule has 0 aliphatic rings. The highest BCUT2D eigenvalue weighted by Gasteiger charge is 2.21. The van der Waals surface area contributed by atoms with E-state index >= 15 is 0 Å². The third-order valence-corrected chi connectivity index (χ3v) is 4.27. The molecule has 0 atom stereocenters. The molecule has 2 aromatic rings. The van der Waals surface area contributed by atoms with Gasteiger partial charge in [-0.25, -0.2) is 0 Å². The van der Waals surface area contributed by atoms with Crippen molar-refractivity contribution in [3.05, 3.63) is 76.9 Å². The number of nitrogens with one attached hydrogen (secondary N) is 2. The molecule has 178 valence electrons. The first kappa shape index (κ1) is 25.2. The van der Waals surface area contributed by atoms with Crippen LogP contribution in [0.3, 0.4) is 0 Å². The molecule has 0 saturated heterocycles. The fraction of sp³-hybridized carbons (Fsp3) is 0.176. The second kappa shape index (κ2) is 10.5. The lowest BCUT2D eigenvalue weighted by atomic mass is 10.1. The van der Waals surface area contributed by atoms with Crippen molar-refractivity contribution >= 4 is 45.5 Å². The lowest BCUT2D eigenvalue weighted by molar-refractivity contribution is -0.393. The van der Waals surface area contributed by atoms with Gasteiger partial charge in [-0.3, -0.25) is 51.3 Å². The van der Waals surface area contributed by atoms with E-state index in [2.05, 4.69) is 21.1 Å². The Balaban J connectivity index is 2.21. The van der Waals surface area contributed by atoms with E-state index in [1.54, 1.807) is 0 Å². The maximum absolute atomic E-state index is 11.2. The summed E-state index contributed by atoms with van der Waals surface area (Å²) in [4.78, 5) is 40.7. The van der Waals surface area contributed by atoms with Gasteiger partial charge < -0.3 is 5.11 Å². The normalized spacial score (nSPS) is 12.6. The van der Waals surface area contributed by atoms with E-state index in [4.69, 9.17) is 0 Å². The van der Waals surface area contributed by atoms with Gasteiger partial charge in [-0.05, 0) is 26.0 Å². The number of rotatable bonds is 10. The van der Waals surface area contributed by atoms with Gasteiger partial charge in [0.25, 0.3) is 11.4 Å². The van der Waals surface area contributed by atoms with Crippen molar-refractivity contribution in [3.63, 3.8) is 0 Å². The topological polar surface area (TPSA) is 242 Å². The van der Waals surface area contributed by atoms with Gasteiger partial charge >= 0.3 is 11.4 Å². The molecule has 17 heteroatoms. The maximum atomic E-state index is 11.2. The Morgan fingerprint density at radius 1 is 0.735 bits per heavy atom. The van der Waals surface area contributed by atoms with Crippen molar-refractivity contribution in [1.82, 2.24) is 0 Å². The van der Waals surface area contributed by atoms with E-state index in [1.807, 2.05) is 0 Å². The molecule has 2 aromatic carbocycles. The lowest BCUT2D eigenvalue weighted by Crippen LogP contribution is -2.27. The first-order valence-electron chi connectivity index (χ1n) is 9.06. The van der Waals surface area contributed by atoms with Gasteiger partial charge in [-0.15, -0.1) is 0 Å². The standard InChI is InChI=1S/C17H16N8O9/c1-9(18-20-13-5-3-11(22(27)28)7-15(13)24(31)32)17(26)10(2)19-21-14-6-4-12(23(29)30)8-16(14)25(33)34/h3-8,17,20-21,26H,1-2H3. The zero-order valence-corrected chi connectivity index (χ0v) is 17.4. The van der Waals surface area contributed by atoms with E-state index in [-0.39, 0.29) is 22.8 Å². The summed E-state index contributed by atoms with van der Waals surface area (Å²) in [5.41, 5.74) is 2.10. The fourth-order valence-corrected chi connectivity index (χ4v) is 2.48. The number of hydrazone groups is 2. The number of hydrogen-bond donors (Lipinski definition) is 3. The molecule has 0 aliphatic carbocycles. The summed E-state index contributed by atoms with van der Waals surface area (Å²) < 4.78 is 0. The highest BCUT2D eigenvalue weighted by Crippen LogP contribution is 2.30. The minimum Gasteiger partial charge on any atom is -0.381 e. The van der Waals surface area contributed by atoms with Crippen LogP contribution < -0.4 is 10.9 Å². The van der Waals surface area contributed by atoms with Gasteiger partial charge in [-0.1, -0.05) is 0 Å². The van der Waals surface area contributed by atoms with E-state index < -0.39 is 48.5 Å². The summed E-state index contributed by atoms with van der Waals surface area (Å²) in [6, 6.07) is 5.72. The molecule has 0 radical (unpaired) electrons. The number of nitrogens with zero attached hydrogens (tertiary/aromatic N) is 6. The minimum absolute atomic E-state index is 0.0195. The summed E-state index contributed by atoms with van der Waals surface area (Å²) in [7, 11) is 0. The van der Waals surface area contributed by atoms with Crippen molar-refractivity contribution in [1.29, 1.82) is 0 Å². The Morgan fingerprint density at radius 2 is 1.09 bits per heavy atom. The van der Waals surface area contributed by atoms with Crippen molar-refractivity contribution in [2.75, 3.05) is 10.9 Å². The molecule has 0 aromatic heterocycles. The van der Waals surface area contributed by atoms with Crippen LogP contribution in [0, 0.1) is 40.5 Å². The highest BCUT2D eigenvalue weighted by atomic mass is 16.6. The monoisotopic (exact) mass is 476 g/mol. The molecule has 0 unspecified atom stereocenters. The smallest absolute Gasteiger partial charge is 0.301 e. The molecule has 0 saturated carbocycles. The Kier molecular flexibility index (Phi) is 7.79. The van der Waals surface area contributed by atoms with Gasteiger partial charge in [0.2, 0.25) is 0 Å². The third kappa shape index (κ3) is 6.01. The van der Waals surface area contributed by atoms with E-state index in [1.165, 1.54) is 13.8 Å². The second-order valence-corrected chi connectivity index (χ2v) is 6.56. The number of aliphatic hydroxyl groups is 1. The van der Waals surface area contributed by atoms with Crippen molar-refractivity contribution in [2.45, 2.75) is 20.0 Å². The van der Waals surface area contributed by atoms with Crippen LogP contribution in [0.5, 0.6) is 0 Å². The lowest BCUT2D eigenvalue weighted by Gasteiger charge is -2.11. The van der Waals surface area contributed by atoms with E-state index in [0.29, 0.717) is 0 Å². The van der Waals surface area contributed by atoms with Gasteiger partial charge in [0.15, 0.2) is 0 Å². The molecule has 34 heavy (non-hydrogen) atoms. The molecule has 2 rings (SSSR count).